The first-order chi connectivity index (χ1) is 13.7. The number of hydrogen-bond donors (Lipinski definition) is 0. The maximum atomic E-state index is 5.96. The first-order valence-electron chi connectivity index (χ1n) is 8.81. The van der Waals surface area contributed by atoms with E-state index >= 15 is 0 Å². The van der Waals surface area contributed by atoms with E-state index in [9.17, 15) is 0 Å². The van der Waals surface area contributed by atoms with Crippen molar-refractivity contribution in [2.24, 2.45) is 0 Å². The number of benzene rings is 3. The van der Waals surface area contributed by atoms with Crippen molar-refractivity contribution >= 4 is 58.5 Å². The average Bonchev–Trinajstić information content (AvgIpc) is 2.72. The standard InChI is InChI=1S/C24H16Cl2N2/c25-19-11-5-17(6-12-19)9-15-23-24(16-10-18-7-13-20(26)14-8-18)28-22-4-2-1-3-21(22)27-23/h1-16H/b15-9+,16-10+. The molecule has 0 unspecified atom stereocenters. The van der Waals surface area contributed by atoms with E-state index in [1.54, 1.807) is 0 Å². The first-order valence-corrected chi connectivity index (χ1v) is 9.57. The van der Waals surface area contributed by atoms with Gasteiger partial charge in [-0.3, -0.25) is 0 Å². The molecule has 0 atom stereocenters. The number of para-hydroxylation sites is 2. The molecule has 0 aliphatic rings. The zero-order valence-corrected chi connectivity index (χ0v) is 16.4. The van der Waals surface area contributed by atoms with Crippen LogP contribution >= 0.6 is 23.2 Å². The molecule has 136 valence electrons. The minimum atomic E-state index is 0.717. The van der Waals surface area contributed by atoms with Crippen LogP contribution in [0.4, 0.5) is 0 Å². The molecule has 4 aromatic rings. The van der Waals surface area contributed by atoms with Crippen LogP contribution in [0, 0.1) is 0 Å². The minimum Gasteiger partial charge on any atom is -0.245 e. The van der Waals surface area contributed by atoms with Gasteiger partial charge in [0.25, 0.3) is 0 Å². The fraction of sp³-hybridized carbons (Fsp3) is 0. The van der Waals surface area contributed by atoms with Gasteiger partial charge in [0.15, 0.2) is 0 Å². The van der Waals surface area contributed by atoms with Crippen LogP contribution in [0.5, 0.6) is 0 Å². The molecule has 4 rings (SSSR count). The number of nitrogens with zero attached hydrogens (tertiary/aromatic N) is 2. The van der Waals surface area contributed by atoms with Gasteiger partial charge in [-0.1, -0.05) is 71.8 Å². The van der Waals surface area contributed by atoms with E-state index in [0.29, 0.717) is 10.0 Å². The normalized spacial score (nSPS) is 11.6. The number of rotatable bonds is 4. The van der Waals surface area contributed by atoms with Crippen molar-refractivity contribution in [3.63, 3.8) is 0 Å². The highest BCUT2D eigenvalue weighted by Gasteiger charge is 2.04. The molecule has 1 heterocycles. The summed E-state index contributed by atoms with van der Waals surface area (Å²) in [6.45, 7) is 0. The topological polar surface area (TPSA) is 25.8 Å². The SMILES string of the molecule is Clc1ccc(/C=C/c2nc3ccccc3nc2/C=C/c2ccc(Cl)cc2)cc1. The molecule has 0 saturated carbocycles. The van der Waals surface area contributed by atoms with Crippen molar-refractivity contribution in [3.8, 4) is 0 Å². The number of fused-ring (bicyclic) bond motifs is 1. The Balaban J connectivity index is 1.73. The second-order valence-electron chi connectivity index (χ2n) is 6.25. The van der Waals surface area contributed by atoms with Crippen LogP contribution in [0.3, 0.4) is 0 Å². The van der Waals surface area contributed by atoms with E-state index < -0.39 is 0 Å². The Kier molecular flexibility index (Phi) is 5.52. The summed E-state index contributed by atoms with van der Waals surface area (Å²) in [7, 11) is 0. The molecule has 2 nitrogen and oxygen atoms in total. The summed E-state index contributed by atoms with van der Waals surface area (Å²) in [4.78, 5) is 9.57. The number of hydrogen-bond acceptors (Lipinski definition) is 2. The number of halogens is 2. The van der Waals surface area contributed by atoms with Gasteiger partial charge in [0.2, 0.25) is 0 Å². The van der Waals surface area contributed by atoms with E-state index in [1.807, 2.05) is 97.1 Å². The highest BCUT2D eigenvalue weighted by Crippen LogP contribution is 2.19. The molecule has 3 aromatic carbocycles. The van der Waals surface area contributed by atoms with Crippen LogP contribution in [0.1, 0.15) is 22.5 Å². The lowest BCUT2D eigenvalue weighted by molar-refractivity contribution is 1.24. The van der Waals surface area contributed by atoms with Crippen molar-refractivity contribution in [3.05, 3.63) is 105 Å². The van der Waals surface area contributed by atoms with Gasteiger partial charge in [0.1, 0.15) is 0 Å². The lowest BCUT2D eigenvalue weighted by Crippen LogP contribution is -1.93. The Morgan fingerprint density at radius 2 is 0.893 bits per heavy atom. The molecule has 0 N–H and O–H groups in total. The van der Waals surface area contributed by atoms with E-state index in [0.717, 1.165) is 33.5 Å². The monoisotopic (exact) mass is 402 g/mol. The zero-order chi connectivity index (χ0) is 19.3. The van der Waals surface area contributed by atoms with E-state index in [4.69, 9.17) is 33.2 Å². The van der Waals surface area contributed by atoms with Crippen molar-refractivity contribution in [1.29, 1.82) is 0 Å². The molecule has 0 bridgehead atoms. The van der Waals surface area contributed by atoms with Gasteiger partial charge < -0.3 is 0 Å². The van der Waals surface area contributed by atoms with Crippen LogP contribution in [-0.2, 0) is 0 Å². The van der Waals surface area contributed by atoms with E-state index in [2.05, 4.69) is 0 Å². The maximum absolute atomic E-state index is 5.96. The molecule has 0 aliphatic heterocycles. The first kappa shape index (κ1) is 18.4. The lowest BCUT2D eigenvalue weighted by atomic mass is 10.1. The van der Waals surface area contributed by atoms with Gasteiger partial charge in [0, 0.05) is 10.0 Å². The molecule has 4 heteroatoms. The smallest absolute Gasteiger partial charge is 0.0894 e. The molecule has 0 spiro atoms. The van der Waals surface area contributed by atoms with Gasteiger partial charge in [0.05, 0.1) is 22.4 Å². The quantitative estimate of drug-likeness (QED) is 0.358. The Morgan fingerprint density at radius 3 is 1.29 bits per heavy atom. The second-order valence-corrected chi connectivity index (χ2v) is 7.13. The van der Waals surface area contributed by atoms with Gasteiger partial charge >= 0.3 is 0 Å². The van der Waals surface area contributed by atoms with Crippen LogP contribution in [0.15, 0.2) is 72.8 Å². The third kappa shape index (κ3) is 4.48. The van der Waals surface area contributed by atoms with Crippen LogP contribution < -0.4 is 0 Å². The van der Waals surface area contributed by atoms with Crippen molar-refractivity contribution < 1.29 is 0 Å². The molecule has 0 fully saturated rings. The summed E-state index contributed by atoms with van der Waals surface area (Å²) in [5.41, 5.74) is 5.43. The third-order valence-electron chi connectivity index (χ3n) is 4.23. The second kappa shape index (κ2) is 8.39. The predicted molar refractivity (Wildman–Crippen MR) is 120 cm³/mol. The Hall–Kier alpha value is -2.94. The van der Waals surface area contributed by atoms with Crippen LogP contribution in [-0.4, -0.2) is 9.97 Å². The predicted octanol–water partition coefficient (Wildman–Crippen LogP) is 7.28. The fourth-order valence-corrected chi connectivity index (χ4v) is 3.02. The average molecular weight is 403 g/mol. The Morgan fingerprint density at radius 1 is 0.500 bits per heavy atom. The van der Waals surface area contributed by atoms with Crippen LogP contribution in [0.2, 0.25) is 10.0 Å². The Labute approximate surface area is 173 Å². The Bertz CT molecular complexity index is 1070. The summed E-state index contributed by atoms with van der Waals surface area (Å²) in [6.07, 6.45) is 7.97. The minimum absolute atomic E-state index is 0.717. The molecular formula is C24H16Cl2N2. The summed E-state index contributed by atoms with van der Waals surface area (Å²) in [5.74, 6) is 0. The van der Waals surface area contributed by atoms with Crippen molar-refractivity contribution in [2.45, 2.75) is 0 Å². The summed E-state index contributed by atoms with van der Waals surface area (Å²) < 4.78 is 0. The largest absolute Gasteiger partial charge is 0.245 e. The molecule has 1 aromatic heterocycles. The molecule has 28 heavy (non-hydrogen) atoms. The van der Waals surface area contributed by atoms with E-state index in [-0.39, 0.29) is 0 Å². The molecule has 0 saturated heterocycles. The van der Waals surface area contributed by atoms with Crippen molar-refractivity contribution in [2.75, 3.05) is 0 Å². The fourth-order valence-electron chi connectivity index (χ4n) is 2.77. The molecule has 0 radical (unpaired) electrons. The summed E-state index contributed by atoms with van der Waals surface area (Å²) in [6, 6.07) is 23.2. The summed E-state index contributed by atoms with van der Waals surface area (Å²) in [5, 5.41) is 1.43. The molecule has 0 aliphatic carbocycles. The summed E-state index contributed by atoms with van der Waals surface area (Å²) >= 11 is 11.9. The van der Waals surface area contributed by atoms with Gasteiger partial charge in [-0.05, 0) is 59.7 Å². The molecular weight excluding hydrogens is 387 g/mol. The zero-order valence-electron chi connectivity index (χ0n) is 14.9. The maximum Gasteiger partial charge on any atom is 0.0894 e. The third-order valence-corrected chi connectivity index (χ3v) is 4.74. The van der Waals surface area contributed by atoms with Crippen LogP contribution in [0.25, 0.3) is 35.3 Å². The number of aromatic nitrogens is 2. The lowest BCUT2D eigenvalue weighted by Gasteiger charge is -2.04. The highest BCUT2D eigenvalue weighted by atomic mass is 35.5. The van der Waals surface area contributed by atoms with Gasteiger partial charge in [-0.15, -0.1) is 0 Å². The van der Waals surface area contributed by atoms with Crippen molar-refractivity contribution in [1.82, 2.24) is 9.97 Å². The highest BCUT2D eigenvalue weighted by molar-refractivity contribution is 6.30. The molecule has 0 amide bonds. The van der Waals surface area contributed by atoms with Gasteiger partial charge in [-0.25, -0.2) is 9.97 Å². The van der Waals surface area contributed by atoms with Gasteiger partial charge in [-0.2, -0.15) is 0 Å². The van der Waals surface area contributed by atoms with E-state index in [1.165, 1.54) is 0 Å².